The van der Waals surface area contributed by atoms with Crippen LogP contribution in [-0.2, 0) is 22.5 Å². The molecular formula is C29H27N3O4. The summed E-state index contributed by atoms with van der Waals surface area (Å²) in [6.45, 7) is 3.05. The van der Waals surface area contributed by atoms with Gasteiger partial charge in [-0.25, -0.2) is 4.79 Å². The van der Waals surface area contributed by atoms with E-state index in [0.29, 0.717) is 23.5 Å². The van der Waals surface area contributed by atoms with Crippen LogP contribution in [0.4, 0.5) is 5.69 Å². The molecule has 7 heteroatoms. The lowest BCUT2D eigenvalue weighted by atomic mass is 9.96. The number of rotatable bonds is 6. The minimum absolute atomic E-state index is 0.413. The summed E-state index contributed by atoms with van der Waals surface area (Å²) >= 11 is 0. The SMILES string of the molecule is CC(OC(=O)c1c2c(nc3ccccc13)CCN(C)C2)C(=O)Nc1ccc(Oc2ccccc2)cc1. The third kappa shape index (κ3) is 5.06. The fraction of sp³-hybridized carbons (Fsp3) is 0.207. The zero-order valence-electron chi connectivity index (χ0n) is 20.2. The molecule has 1 aromatic heterocycles. The number of carbonyl (C=O) groups is 2. The van der Waals surface area contributed by atoms with Crippen molar-refractivity contribution in [2.75, 3.05) is 18.9 Å². The topological polar surface area (TPSA) is 80.8 Å². The second kappa shape index (κ2) is 10.2. The van der Waals surface area contributed by atoms with E-state index in [2.05, 4.69) is 10.2 Å². The van der Waals surface area contributed by atoms with E-state index in [4.69, 9.17) is 14.5 Å². The van der Waals surface area contributed by atoms with Crippen molar-refractivity contribution >= 4 is 28.5 Å². The number of anilines is 1. The lowest BCUT2D eigenvalue weighted by Crippen LogP contribution is -2.32. The van der Waals surface area contributed by atoms with Gasteiger partial charge in [0.25, 0.3) is 5.91 Å². The van der Waals surface area contributed by atoms with Crippen LogP contribution in [0.1, 0.15) is 28.5 Å². The number of nitrogens with one attached hydrogen (secondary N) is 1. The van der Waals surface area contributed by atoms with Crippen molar-refractivity contribution in [2.24, 2.45) is 0 Å². The quantitative estimate of drug-likeness (QED) is 0.381. The van der Waals surface area contributed by atoms with Crippen molar-refractivity contribution in [3.8, 4) is 11.5 Å². The molecule has 7 nitrogen and oxygen atoms in total. The number of esters is 1. The smallest absolute Gasteiger partial charge is 0.339 e. The molecule has 4 aromatic rings. The number of hydrogen-bond donors (Lipinski definition) is 1. The highest BCUT2D eigenvalue weighted by molar-refractivity contribution is 6.06. The Hall–Kier alpha value is -4.23. The molecule has 5 rings (SSSR count). The number of amides is 1. The third-order valence-electron chi connectivity index (χ3n) is 6.20. The summed E-state index contributed by atoms with van der Waals surface area (Å²) < 4.78 is 11.4. The van der Waals surface area contributed by atoms with Crippen molar-refractivity contribution in [1.82, 2.24) is 9.88 Å². The highest BCUT2D eigenvalue weighted by atomic mass is 16.5. The molecule has 0 fully saturated rings. The summed E-state index contributed by atoms with van der Waals surface area (Å²) in [5, 5.41) is 3.54. The minimum Gasteiger partial charge on any atom is -0.457 e. The van der Waals surface area contributed by atoms with Crippen LogP contribution in [0.25, 0.3) is 10.9 Å². The van der Waals surface area contributed by atoms with Crippen LogP contribution >= 0.6 is 0 Å². The van der Waals surface area contributed by atoms with Gasteiger partial charge in [-0.05, 0) is 56.4 Å². The van der Waals surface area contributed by atoms with Crippen molar-refractivity contribution in [2.45, 2.75) is 26.0 Å². The molecule has 0 saturated heterocycles. The van der Waals surface area contributed by atoms with Crippen LogP contribution in [0.5, 0.6) is 11.5 Å². The molecule has 1 atom stereocenters. The zero-order chi connectivity index (χ0) is 25.1. The highest BCUT2D eigenvalue weighted by Crippen LogP contribution is 2.29. The number of nitrogens with zero attached hydrogens (tertiary/aromatic N) is 2. The van der Waals surface area contributed by atoms with Crippen LogP contribution in [0.3, 0.4) is 0 Å². The monoisotopic (exact) mass is 481 g/mol. The van der Waals surface area contributed by atoms with Gasteiger partial charge < -0.3 is 19.7 Å². The molecule has 3 aromatic carbocycles. The standard InChI is InChI=1S/C29H27N3O4/c1-19(28(33)30-20-12-14-22(15-13-20)36-21-8-4-3-5-9-21)35-29(34)27-23-10-6-7-11-25(23)31-26-16-17-32(2)18-24(26)27/h3-15,19H,16-18H2,1-2H3,(H,30,33). The fourth-order valence-electron chi connectivity index (χ4n) is 4.31. The molecule has 0 radical (unpaired) electrons. The Bertz CT molecular complexity index is 1400. The lowest BCUT2D eigenvalue weighted by Gasteiger charge is -2.27. The molecule has 0 bridgehead atoms. The van der Waals surface area contributed by atoms with Gasteiger partial charge in [-0.2, -0.15) is 0 Å². The summed E-state index contributed by atoms with van der Waals surface area (Å²) in [6, 6.07) is 24.0. The van der Waals surface area contributed by atoms with Gasteiger partial charge in [0.1, 0.15) is 11.5 Å². The van der Waals surface area contributed by atoms with E-state index in [-0.39, 0.29) is 0 Å². The van der Waals surface area contributed by atoms with Gasteiger partial charge in [0.15, 0.2) is 6.10 Å². The second-order valence-corrected chi connectivity index (χ2v) is 8.89. The molecule has 1 unspecified atom stereocenters. The van der Waals surface area contributed by atoms with E-state index in [1.54, 1.807) is 31.2 Å². The normalized spacial score (nSPS) is 14.1. The molecule has 1 aliphatic rings. The molecule has 0 spiro atoms. The first-order chi connectivity index (χ1) is 17.5. The Morgan fingerprint density at radius 2 is 1.64 bits per heavy atom. The van der Waals surface area contributed by atoms with E-state index < -0.39 is 18.0 Å². The molecule has 0 saturated carbocycles. The highest BCUT2D eigenvalue weighted by Gasteiger charge is 2.27. The summed E-state index contributed by atoms with van der Waals surface area (Å²) in [4.78, 5) is 33.1. The number of ether oxygens (including phenoxy) is 2. The first kappa shape index (κ1) is 23.5. The summed E-state index contributed by atoms with van der Waals surface area (Å²) in [5.74, 6) is 0.448. The Morgan fingerprint density at radius 3 is 2.42 bits per heavy atom. The van der Waals surface area contributed by atoms with Gasteiger partial charge >= 0.3 is 5.97 Å². The van der Waals surface area contributed by atoms with Crippen LogP contribution < -0.4 is 10.1 Å². The fourth-order valence-corrected chi connectivity index (χ4v) is 4.31. The maximum absolute atomic E-state index is 13.4. The summed E-state index contributed by atoms with van der Waals surface area (Å²) in [6.07, 6.45) is -0.224. The van der Waals surface area contributed by atoms with Gasteiger partial charge in [0.2, 0.25) is 0 Å². The van der Waals surface area contributed by atoms with Crippen LogP contribution in [0, 0.1) is 0 Å². The van der Waals surface area contributed by atoms with E-state index in [1.807, 2.05) is 61.6 Å². The molecule has 1 N–H and O–H groups in total. The number of fused-ring (bicyclic) bond motifs is 2. The van der Waals surface area contributed by atoms with Gasteiger partial charge in [0, 0.05) is 41.8 Å². The molecule has 36 heavy (non-hydrogen) atoms. The molecule has 182 valence electrons. The number of hydrogen-bond acceptors (Lipinski definition) is 6. The molecular weight excluding hydrogens is 454 g/mol. The first-order valence-electron chi connectivity index (χ1n) is 11.9. The number of carbonyl (C=O) groups excluding carboxylic acids is 2. The molecule has 1 amide bonds. The van der Waals surface area contributed by atoms with Gasteiger partial charge in [-0.1, -0.05) is 36.4 Å². The Morgan fingerprint density at radius 1 is 0.944 bits per heavy atom. The minimum atomic E-state index is -0.985. The van der Waals surface area contributed by atoms with Crippen molar-refractivity contribution in [3.05, 3.63) is 95.7 Å². The summed E-state index contributed by atoms with van der Waals surface area (Å²) in [7, 11) is 2.01. The average molecular weight is 482 g/mol. The Kier molecular flexibility index (Phi) is 6.64. The number of benzene rings is 3. The largest absolute Gasteiger partial charge is 0.457 e. The van der Waals surface area contributed by atoms with Gasteiger partial charge in [-0.15, -0.1) is 0 Å². The predicted molar refractivity (Wildman–Crippen MR) is 138 cm³/mol. The van der Waals surface area contributed by atoms with E-state index in [1.165, 1.54) is 0 Å². The van der Waals surface area contributed by atoms with Crippen LogP contribution in [0.15, 0.2) is 78.9 Å². The number of para-hydroxylation sites is 2. The van der Waals surface area contributed by atoms with E-state index in [9.17, 15) is 9.59 Å². The molecule has 2 heterocycles. The summed E-state index contributed by atoms with van der Waals surface area (Å²) in [5.41, 5.74) is 3.60. The maximum Gasteiger partial charge on any atom is 0.339 e. The van der Waals surface area contributed by atoms with Gasteiger partial charge in [-0.3, -0.25) is 9.78 Å². The number of aromatic nitrogens is 1. The van der Waals surface area contributed by atoms with Crippen molar-refractivity contribution in [1.29, 1.82) is 0 Å². The Labute approximate surface area is 209 Å². The number of pyridine rings is 1. The molecule has 1 aliphatic heterocycles. The van der Waals surface area contributed by atoms with E-state index >= 15 is 0 Å². The zero-order valence-corrected chi connectivity index (χ0v) is 20.2. The average Bonchev–Trinajstić information content (AvgIpc) is 2.89. The first-order valence-corrected chi connectivity index (χ1v) is 11.9. The molecule has 0 aliphatic carbocycles. The second-order valence-electron chi connectivity index (χ2n) is 8.89. The van der Waals surface area contributed by atoms with Crippen molar-refractivity contribution in [3.63, 3.8) is 0 Å². The Balaban J connectivity index is 1.29. The van der Waals surface area contributed by atoms with E-state index in [0.717, 1.165) is 40.9 Å². The number of likely N-dealkylation sites (N-methyl/N-ethyl adjacent to an activating group) is 1. The van der Waals surface area contributed by atoms with Crippen molar-refractivity contribution < 1.29 is 19.1 Å². The van der Waals surface area contributed by atoms with Gasteiger partial charge in [0.05, 0.1) is 11.1 Å². The maximum atomic E-state index is 13.4. The van der Waals surface area contributed by atoms with Crippen LogP contribution in [0.2, 0.25) is 0 Å². The lowest BCUT2D eigenvalue weighted by molar-refractivity contribution is -0.123. The third-order valence-corrected chi connectivity index (χ3v) is 6.20. The predicted octanol–water partition coefficient (Wildman–Crippen LogP) is 5.20. The van der Waals surface area contributed by atoms with Crippen LogP contribution in [-0.4, -0.2) is 41.5 Å².